The highest BCUT2D eigenvalue weighted by molar-refractivity contribution is 7.08. The number of ether oxygens (including phenoxy) is 1. The van der Waals surface area contributed by atoms with E-state index in [2.05, 4.69) is 27.2 Å². The Labute approximate surface area is 180 Å². The number of hydrogen-bond acceptors (Lipinski definition) is 7. The lowest BCUT2D eigenvalue weighted by molar-refractivity contribution is -0.131. The van der Waals surface area contributed by atoms with E-state index in [0.29, 0.717) is 24.6 Å². The molecule has 0 radical (unpaired) electrons. The highest BCUT2D eigenvalue weighted by Crippen LogP contribution is 2.19. The van der Waals surface area contributed by atoms with Gasteiger partial charge in [0.1, 0.15) is 5.75 Å². The van der Waals surface area contributed by atoms with Crippen LogP contribution in [0, 0.1) is 0 Å². The molecule has 0 aliphatic carbocycles. The fraction of sp³-hybridized carbons (Fsp3) is 0.409. The highest BCUT2D eigenvalue weighted by atomic mass is 32.1. The average molecular weight is 427 g/mol. The molecule has 0 spiro atoms. The van der Waals surface area contributed by atoms with Crippen molar-refractivity contribution >= 4 is 17.2 Å². The molecule has 1 amide bonds. The van der Waals surface area contributed by atoms with Crippen molar-refractivity contribution in [1.29, 1.82) is 0 Å². The molecule has 1 aliphatic rings. The third-order valence-corrected chi connectivity index (χ3v) is 5.99. The summed E-state index contributed by atoms with van der Waals surface area (Å²) in [5, 5.41) is 7.97. The summed E-state index contributed by atoms with van der Waals surface area (Å²) in [5.41, 5.74) is 2.21. The minimum absolute atomic E-state index is 0.150. The number of methoxy groups -OCH3 is 1. The topological polar surface area (TPSA) is 71.7 Å². The van der Waals surface area contributed by atoms with Crippen LogP contribution in [-0.4, -0.2) is 59.1 Å². The molecular formula is C22H26N4O3S. The number of amides is 1. The molecule has 4 rings (SSSR count). The van der Waals surface area contributed by atoms with Gasteiger partial charge in [-0.05, 0) is 35.6 Å². The summed E-state index contributed by atoms with van der Waals surface area (Å²) in [6, 6.07) is 10.1. The smallest absolute Gasteiger partial charge is 0.227 e. The second kappa shape index (κ2) is 9.86. The van der Waals surface area contributed by atoms with Gasteiger partial charge in [-0.3, -0.25) is 9.69 Å². The largest absolute Gasteiger partial charge is 0.497 e. The molecule has 1 fully saturated rings. The van der Waals surface area contributed by atoms with Crippen LogP contribution in [0.15, 0.2) is 45.6 Å². The first kappa shape index (κ1) is 20.6. The van der Waals surface area contributed by atoms with Gasteiger partial charge in [-0.1, -0.05) is 17.3 Å². The quantitative estimate of drug-likeness (QED) is 0.576. The molecule has 0 saturated carbocycles. The first-order chi connectivity index (χ1) is 14.7. The van der Waals surface area contributed by atoms with Gasteiger partial charge in [-0.2, -0.15) is 16.3 Å². The van der Waals surface area contributed by atoms with Gasteiger partial charge >= 0.3 is 0 Å². The number of aryl methyl sites for hydroxylation is 1. The van der Waals surface area contributed by atoms with E-state index in [4.69, 9.17) is 9.26 Å². The Kier molecular flexibility index (Phi) is 6.76. The Morgan fingerprint density at radius 3 is 2.80 bits per heavy atom. The van der Waals surface area contributed by atoms with Gasteiger partial charge in [-0.25, -0.2) is 0 Å². The summed E-state index contributed by atoms with van der Waals surface area (Å²) in [6.45, 7) is 4.30. The zero-order valence-corrected chi connectivity index (χ0v) is 17.9. The summed E-state index contributed by atoms with van der Waals surface area (Å²) in [4.78, 5) is 21.5. The maximum absolute atomic E-state index is 12.7. The van der Waals surface area contributed by atoms with Gasteiger partial charge in [0, 0.05) is 56.5 Å². The van der Waals surface area contributed by atoms with Crippen molar-refractivity contribution in [3.05, 3.63) is 52.5 Å². The minimum Gasteiger partial charge on any atom is -0.497 e. The number of aromatic nitrogens is 2. The lowest BCUT2D eigenvalue weighted by atomic mass is 10.2. The van der Waals surface area contributed by atoms with Crippen molar-refractivity contribution in [1.82, 2.24) is 19.9 Å². The minimum atomic E-state index is 0.150. The van der Waals surface area contributed by atoms with E-state index < -0.39 is 0 Å². The number of carbonyl (C=O) groups excluding carboxylic acids is 1. The second-order valence-corrected chi connectivity index (χ2v) is 8.16. The van der Waals surface area contributed by atoms with Gasteiger partial charge in [0.05, 0.1) is 7.11 Å². The normalized spacial score (nSPS) is 15.2. The number of benzene rings is 1. The molecule has 1 saturated heterocycles. The standard InChI is InChI=1S/C22H26N4O3S/c1-28-19-5-3-17(4-6-19)15-25-10-2-11-26(13-12-25)21(27)8-7-20-23-22(24-29-20)18-9-14-30-16-18/h3-6,9,14,16H,2,7-8,10-13,15H2,1H3. The molecule has 1 aromatic carbocycles. The lowest BCUT2D eigenvalue weighted by Crippen LogP contribution is -2.35. The fourth-order valence-corrected chi connectivity index (χ4v) is 4.24. The van der Waals surface area contributed by atoms with Crippen LogP contribution in [-0.2, 0) is 17.8 Å². The van der Waals surface area contributed by atoms with Crippen molar-refractivity contribution in [2.24, 2.45) is 0 Å². The third-order valence-electron chi connectivity index (χ3n) is 5.31. The summed E-state index contributed by atoms with van der Waals surface area (Å²) in [7, 11) is 1.68. The van der Waals surface area contributed by atoms with Crippen molar-refractivity contribution in [2.45, 2.75) is 25.8 Å². The molecule has 0 unspecified atom stereocenters. The van der Waals surface area contributed by atoms with Crippen LogP contribution in [0.25, 0.3) is 11.4 Å². The SMILES string of the molecule is COc1ccc(CN2CCCN(C(=O)CCc3nc(-c4ccsc4)no3)CC2)cc1. The maximum Gasteiger partial charge on any atom is 0.227 e. The van der Waals surface area contributed by atoms with E-state index in [1.165, 1.54) is 5.56 Å². The number of thiophene rings is 1. The molecule has 7 nitrogen and oxygen atoms in total. The summed E-state index contributed by atoms with van der Waals surface area (Å²) in [6.07, 6.45) is 1.84. The Morgan fingerprint density at radius 2 is 2.03 bits per heavy atom. The predicted octanol–water partition coefficient (Wildman–Crippen LogP) is 3.47. The monoisotopic (exact) mass is 426 g/mol. The van der Waals surface area contributed by atoms with Crippen LogP contribution in [0.1, 0.15) is 24.3 Å². The molecule has 30 heavy (non-hydrogen) atoms. The first-order valence-corrected chi connectivity index (χ1v) is 11.1. The van der Waals surface area contributed by atoms with Gasteiger partial charge in [-0.15, -0.1) is 0 Å². The Balaban J connectivity index is 1.25. The molecule has 3 heterocycles. The number of rotatable bonds is 7. The van der Waals surface area contributed by atoms with Crippen LogP contribution < -0.4 is 4.74 Å². The first-order valence-electron chi connectivity index (χ1n) is 10.2. The zero-order chi connectivity index (χ0) is 20.8. The maximum atomic E-state index is 12.7. The van der Waals surface area contributed by atoms with E-state index >= 15 is 0 Å². The van der Waals surface area contributed by atoms with E-state index in [1.54, 1.807) is 18.4 Å². The van der Waals surface area contributed by atoms with E-state index in [-0.39, 0.29) is 5.91 Å². The summed E-state index contributed by atoms with van der Waals surface area (Å²) < 4.78 is 10.5. The molecular weight excluding hydrogens is 400 g/mol. The van der Waals surface area contributed by atoms with Gasteiger partial charge < -0.3 is 14.2 Å². The molecule has 0 bridgehead atoms. The predicted molar refractivity (Wildman–Crippen MR) is 115 cm³/mol. The number of carbonyl (C=O) groups is 1. The number of hydrogen-bond donors (Lipinski definition) is 0. The van der Waals surface area contributed by atoms with Crippen LogP contribution in [0.4, 0.5) is 0 Å². The molecule has 2 aromatic heterocycles. The van der Waals surface area contributed by atoms with Crippen molar-refractivity contribution in [2.75, 3.05) is 33.3 Å². The molecule has 0 N–H and O–H groups in total. The van der Waals surface area contributed by atoms with Crippen molar-refractivity contribution in [3.63, 3.8) is 0 Å². The van der Waals surface area contributed by atoms with Crippen LogP contribution in [0.2, 0.25) is 0 Å². The van der Waals surface area contributed by atoms with Gasteiger partial charge in [0.15, 0.2) is 0 Å². The molecule has 8 heteroatoms. The Bertz CT molecular complexity index is 940. The van der Waals surface area contributed by atoms with Crippen LogP contribution in [0.5, 0.6) is 5.75 Å². The van der Waals surface area contributed by atoms with E-state index in [0.717, 1.165) is 50.5 Å². The van der Waals surface area contributed by atoms with E-state index in [1.807, 2.05) is 33.9 Å². The van der Waals surface area contributed by atoms with Crippen LogP contribution in [0.3, 0.4) is 0 Å². The average Bonchev–Trinajstić information content (AvgIpc) is 3.41. The molecule has 1 aliphatic heterocycles. The lowest BCUT2D eigenvalue weighted by Gasteiger charge is -2.22. The van der Waals surface area contributed by atoms with Gasteiger partial charge in [0.25, 0.3) is 0 Å². The third kappa shape index (κ3) is 5.25. The van der Waals surface area contributed by atoms with Crippen molar-refractivity contribution in [3.8, 4) is 17.1 Å². The Hall–Kier alpha value is -2.71. The Morgan fingerprint density at radius 1 is 1.17 bits per heavy atom. The zero-order valence-electron chi connectivity index (χ0n) is 17.1. The second-order valence-electron chi connectivity index (χ2n) is 7.38. The summed E-state index contributed by atoms with van der Waals surface area (Å²) in [5.74, 6) is 2.12. The molecule has 3 aromatic rings. The summed E-state index contributed by atoms with van der Waals surface area (Å²) >= 11 is 1.59. The molecule has 158 valence electrons. The fourth-order valence-electron chi connectivity index (χ4n) is 3.60. The van der Waals surface area contributed by atoms with Crippen LogP contribution >= 0.6 is 11.3 Å². The van der Waals surface area contributed by atoms with E-state index in [9.17, 15) is 4.79 Å². The highest BCUT2D eigenvalue weighted by Gasteiger charge is 2.20. The molecule has 0 atom stereocenters. The van der Waals surface area contributed by atoms with Crippen molar-refractivity contribution < 1.29 is 14.1 Å². The van der Waals surface area contributed by atoms with Gasteiger partial charge in [0.2, 0.25) is 17.6 Å². The number of nitrogens with zero attached hydrogens (tertiary/aromatic N) is 4.